The largest absolute Gasteiger partial charge is 0.383 e. The molecule has 266 valence electrons. The molecule has 5 N–H and O–H groups in total. The molecule has 0 radical (unpaired) electrons. The first-order valence-electron chi connectivity index (χ1n) is 17.0. The van der Waals surface area contributed by atoms with Gasteiger partial charge in [-0.25, -0.2) is 19.6 Å². The number of pyridine rings is 1. The molecule has 0 fully saturated rings. The molecule has 50 heavy (non-hydrogen) atoms. The number of nitrogen functional groups attached to an aromatic ring is 1. The van der Waals surface area contributed by atoms with Gasteiger partial charge in [-0.05, 0) is 35.2 Å². The summed E-state index contributed by atoms with van der Waals surface area (Å²) < 4.78 is 29.1. The fourth-order valence-electron chi connectivity index (χ4n) is 5.89. The van der Waals surface area contributed by atoms with Gasteiger partial charge in [0.15, 0.2) is 5.65 Å². The number of carbonyl (C=O) groups is 1. The predicted octanol–water partition coefficient (Wildman–Crippen LogP) is 2.32. The van der Waals surface area contributed by atoms with E-state index in [2.05, 4.69) is 38.1 Å². The summed E-state index contributed by atoms with van der Waals surface area (Å²) in [5.74, 6) is 0.460. The third-order valence-electron chi connectivity index (χ3n) is 8.41. The number of benzene rings is 1. The number of aromatic amines is 1. The van der Waals surface area contributed by atoms with Crippen molar-refractivity contribution in [3.63, 3.8) is 0 Å². The van der Waals surface area contributed by atoms with E-state index in [1.54, 1.807) is 6.20 Å². The molecular formula is C35H45N9O6. The number of nitrogens with two attached hydrogens (primary N) is 2. The first kappa shape index (κ1) is 35.3. The number of hydrogen-bond donors (Lipinski definition) is 3. The van der Waals surface area contributed by atoms with Crippen molar-refractivity contribution < 1.29 is 28.5 Å². The standard InChI is InChI=1S/C35H45N9O6/c36-6-10-47-12-14-49-16-18-50-17-15-48-13-11-46-9-5-30(45)43-8-4-26-19-25(1-2-28(26)23-43)22-44-35-31(33(37)40-24-41-35)32(42-44)29-20-27-3-7-38-34(27)39-21-29/h1-3,7,19-21,24H,4-6,8-18,22-23,36H2,(H,38,39)(H2,37,40,41). The van der Waals surface area contributed by atoms with E-state index < -0.39 is 0 Å². The van der Waals surface area contributed by atoms with Crippen LogP contribution in [0.5, 0.6) is 0 Å². The van der Waals surface area contributed by atoms with Crippen LogP contribution in [-0.4, -0.2) is 120 Å². The van der Waals surface area contributed by atoms with E-state index in [0.29, 0.717) is 121 Å². The molecule has 4 aromatic heterocycles. The van der Waals surface area contributed by atoms with Crippen molar-refractivity contribution in [3.8, 4) is 11.3 Å². The van der Waals surface area contributed by atoms with E-state index in [-0.39, 0.29) is 5.91 Å². The van der Waals surface area contributed by atoms with Gasteiger partial charge in [0.05, 0.1) is 84.4 Å². The zero-order valence-electron chi connectivity index (χ0n) is 28.2. The van der Waals surface area contributed by atoms with Gasteiger partial charge in [-0.1, -0.05) is 18.2 Å². The smallest absolute Gasteiger partial charge is 0.225 e. The predicted molar refractivity (Wildman–Crippen MR) is 187 cm³/mol. The summed E-state index contributed by atoms with van der Waals surface area (Å²) in [5, 5.41) is 6.62. The van der Waals surface area contributed by atoms with Crippen LogP contribution in [0.15, 0.2) is 49.1 Å². The highest BCUT2D eigenvalue weighted by Gasteiger charge is 2.22. The number of amides is 1. The summed E-state index contributed by atoms with van der Waals surface area (Å²) in [7, 11) is 0. The summed E-state index contributed by atoms with van der Waals surface area (Å²) in [6, 6.07) is 10.4. The van der Waals surface area contributed by atoms with E-state index >= 15 is 0 Å². The molecule has 0 bridgehead atoms. The quantitative estimate of drug-likeness (QED) is 0.101. The zero-order valence-corrected chi connectivity index (χ0v) is 28.2. The van der Waals surface area contributed by atoms with E-state index in [9.17, 15) is 4.79 Å². The number of nitrogens with one attached hydrogen (secondary N) is 1. The van der Waals surface area contributed by atoms with Crippen molar-refractivity contribution in [2.75, 3.05) is 84.9 Å². The van der Waals surface area contributed by atoms with E-state index in [0.717, 1.165) is 34.1 Å². The highest BCUT2D eigenvalue weighted by atomic mass is 16.6. The second-order valence-electron chi connectivity index (χ2n) is 11.9. The van der Waals surface area contributed by atoms with Crippen LogP contribution in [0.1, 0.15) is 23.1 Å². The number of nitrogens with zero attached hydrogens (tertiary/aromatic N) is 6. The Labute approximate surface area is 290 Å². The van der Waals surface area contributed by atoms with Crippen LogP contribution in [0, 0.1) is 0 Å². The van der Waals surface area contributed by atoms with Crippen LogP contribution in [0.2, 0.25) is 0 Å². The number of ether oxygens (including phenoxy) is 5. The van der Waals surface area contributed by atoms with Crippen molar-refractivity contribution in [2.24, 2.45) is 5.73 Å². The molecule has 0 aliphatic carbocycles. The molecule has 0 spiro atoms. The maximum Gasteiger partial charge on any atom is 0.225 e. The molecule has 0 saturated heterocycles. The van der Waals surface area contributed by atoms with Crippen molar-refractivity contribution >= 4 is 33.8 Å². The second-order valence-corrected chi connectivity index (χ2v) is 11.9. The summed E-state index contributed by atoms with van der Waals surface area (Å²) in [6.07, 6.45) is 6.22. The Bertz CT molecular complexity index is 1840. The summed E-state index contributed by atoms with van der Waals surface area (Å²) >= 11 is 0. The third-order valence-corrected chi connectivity index (χ3v) is 8.41. The molecule has 15 heteroatoms. The van der Waals surface area contributed by atoms with Gasteiger partial charge >= 0.3 is 0 Å². The highest BCUT2D eigenvalue weighted by Crippen LogP contribution is 2.32. The average Bonchev–Trinajstić information content (AvgIpc) is 3.76. The molecule has 15 nitrogen and oxygen atoms in total. The molecule has 1 amide bonds. The van der Waals surface area contributed by atoms with E-state index in [1.165, 1.54) is 11.9 Å². The van der Waals surface area contributed by atoms with Crippen LogP contribution in [-0.2, 0) is 48.0 Å². The summed E-state index contributed by atoms with van der Waals surface area (Å²) in [4.78, 5) is 31.2. The molecule has 5 aromatic rings. The van der Waals surface area contributed by atoms with E-state index in [4.69, 9.17) is 40.3 Å². The monoisotopic (exact) mass is 687 g/mol. The molecule has 0 unspecified atom stereocenters. The third kappa shape index (κ3) is 9.18. The summed E-state index contributed by atoms with van der Waals surface area (Å²) in [5.41, 5.74) is 18.2. The van der Waals surface area contributed by atoms with Crippen LogP contribution >= 0.6 is 0 Å². The van der Waals surface area contributed by atoms with Crippen molar-refractivity contribution in [3.05, 3.63) is 65.7 Å². The average molecular weight is 688 g/mol. The maximum atomic E-state index is 12.9. The minimum absolute atomic E-state index is 0.0855. The number of anilines is 1. The van der Waals surface area contributed by atoms with E-state index in [1.807, 2.05) is 27.9 Å². The Hall–Kier alpha value is -4.51. The fraction of sp³-hybridized carbons (Fsp3) is 0.457. The number of hydrogen-bond acceptors (Lipinski definition) is 12. The lowest BCUT2D eigenvalue weighted by molar-refractivity contribution is -0.133. The fourth-order valence-corrected chi connectivity index (χ4v) is 5.89. The van der Waals surface area contributed by atoms with Gasteiger partial charge in [-0.3, -0.25) is 4.79 Å². The lowest BCUT2D eigenvalue weighted by Gasteiger charge is -2.29. The Kier molecular flexibility index (Phi) is 12.7. The Morgan fingerprint density at radius 2 is 1.56 bits per heavy atom. The van der Waals surface area contributed by atoms with Crippen molar-refractivity contribution in [2.45, 2.75) is 25.9 Å². The molecule has 5 heterocycles. The molecule has 0 atom stereocenters. The normalized spacial score (nSPS) is 13.0. The van der Waals surface area contributed by atoms with Crippen LogP contribution in [0.3, 0.4) is 0 Å². The van der Waals surface area contributed by atoms with Crippen molar-refractivity contribution in [1.29, 1.82) is 0 Å². The number of rotatable bonds is 20. The lowest BCUT2D eigenvalue weighted by Crippen LogP contribution is -2.36. The molecule has 1 aliphatic heterocycles. The SMILES string of the molecule is NCCOCCOCCOCCOCCOCCC(=O)N1CCc2cc(Cn3nc(-c4cnc5[nH]ccc5c4)c4c(N)ncnc43)ccc2C1. The Morgan fingerprint density at radius 3 is 2.30 bits per heavy atom. The molecule has 6 rings (SSSR count). The number of aromatic nitrogens is 6. The zero-order chi connectivity index (χ0) is 34.5. The van der Waals surface area contributed by atoms with Gasteiger partial charge in [0.1, 0.15) is 23.5 Å². The first-order valence-corrected chi connectivity index (χ1v) is 17.0. The van der Waals surface area contributed by atoms with Gasteiger partial charge in [0.2, 0.25) is 5.91 Å². The maximum absolute atomic E-state index is 12.9. The lowest BCUT2D eigenvalue weighted by atomic mass is 9.97. The molecule has 1 aliphatic rings. The Balaban J connectivity index is 0.919. The van der Waals surface area contributed by atoms with Crippen LogP contribution < -0.4 is 11.5 Å². The molecular weight excluding hydrogens is 642 g/mol. The second kappa shape index (κ2) is 17.9. The van der Waals surface area contributed by atoms with Gasteiger partial charge in [-0.15, -0.1) is 0 Å². The van der Waals surface area contributed by atoms with Gasteiger partial charge in [-0.2, -0.15) is 5.10 Å². The van der Waals surface area contributed by atoms with Crippen LogP contribution in [0.25, 0.3) is 33.3 Å². The number of carbonyl (C=O) groups excluding carboxylic acids is 1. The van der Waals surface area contributed by atoms with Gasteiger partial charge in [0.25, 0.3) is 0 Å². The minimum Gasteiger partial charge on any atom is -0.383 e. The van der Waals surface area contributed by atoms with Gasteiger partial charge < -0.3 is 45.0 Å². The number of H-pyrrole nitrogens is 1. The highest BCUT2D eigenvalue weighted by molar-refractivity contribution is 5.99. The van der Waals surface area contributed by atoms with Crippen LogP contribution in [0.4, 0.5) is 5.82 Å². The molecule has 1 aromatic carbocycles. The Morgan fingerprint density at radius 1 is 0.840 bits per heavy atom. The van der Waals surface area contributed by atoms with Gasteiger partial charge in [0, 0.05) is 43.0 Å². The molecule has 0 saturated carbocycles. The minimum atomic E-state index is 0.0855. The van der Waals surface area contributed by atoms with Crippen molar-refractivity contribution in [1.82, 2.24) is 34.6 Å². The summed E-state index contributed by atoms with van der Waals surface area (Å²) in [6.45, 7) is 7.08. The topological polar surface area (TPSA) is 191 Å². The first-order chi connectivity index (χ1) is 24.6. The number of fused-ring (bicyclic) bond motifs is 3.